The Balaban J connectivity index is 2.02. The minimum absolute atomic E-state index is 0.0576. The highest BCUT2D eigenvalue weighted by Crippen LogP contribution is 2.26. The number of benzene rings is 1. The Hall–Kier alpha value is -0.490. The van der Waals surface area contributed by atoms with Crippen molar-refractivity contribution in [3.63, 3.8) is 0 Å². The lowest BCUT2D eigenvalue weighted by Crippen LogP contribution is -2.39. The van der Waals surface area contributed by atoms with Crippen molar-refractivity contribution in [2.24, 2.45) is 11.7 Å². The molecule has 3 nitrogen and oxygen atoms in total. The predicted molar refractivity (Wildman–Crippen MR) is 88.7 cm³/mol. The molecule has 1 heterocycles. The van der Waals surface area contributed by atoms with Crippen LogP contribution >= 0.6 is 15.9 Å². The molecule has 1 saturated heterocycles. The molecule has 1 atom stereocenters. The summed E-state index contributed by atoms with van der Waals surface area (Å²) in [5, 5.41) is 0. The lowest BCUT2D eigenvalue weighted by molar-refractivity contribution is 0.150. The average molecular weight is 358 g/mol. The number of likely N-dealkylation sites (N-methyl/N-ethyl adjacent to an activating group) is 1. The zero-order valence-corrected chi connectivity index (χ0v) is 14.4. The van der Waals surface area contributed by atoms with Crippen LogP contribution in [-0.2, 0) is 0 Å². The molecular formula is C16H25BrFN3. The van der Waals surface area contributed by atoms with Crippen LogP contribution in [0.1, 0.15) is 24.4 Å². The van der Waals surface area contributed by atoms with Gasteiger partial charge >= 0.3 is 0 Å². The second-order valence-electron chi connectivity index (χ2n) is 6.10. The average Bonchev–Trinajstić information content (AvgIpc) is 2.44. The van der Waals surface area contributed by atoms with E-state index in [4.69, 9.17) is 5.73 Å². The number of hydrogen-bond donors (Lipinski definition) is 1. The largest absolute Gasteiger partial charge is 0.329 e. The van der Waals surface area contributed by atoms with Crippen molar-refractivity contribution in [3.05, 3.63) is 34.1 Å². The molecule has 0 aromatic heterocycles. The summed E-state index contributed by atoms with van der Waals surface area (Å²) in [5.41, 5.74) is 6.60. The molecule has 1 unspecified atom stereocenters. The first-order chi connectivity index (χ1) is 10.0. The van der Waals surface area contributed by atoms with Gasteiger partial charge in [0.05, 0.1) is 0 Å². The zero-order chi connectivity index (χ0) is 15.4. The fraction of sp³-hybridized carbons (Fsp3) is 0.625. The molecule has 2 N–H and O–H groups in total. The molecular weight excluding hydrogens is 333 g/mol. The molecule has 1 fully saturated rings. The van der Waals surface area contributed by atoms with Gasteiger partial charge in [0.25, 0.3) is 0 Å². The number of hydrogen-bond acceptors (Lipinski definition) is 3. The Bertz CT molecular complexity index is 461. The van der Waals surface area contributed by atoms with Gasteiger partial charge in [0.2, 0.25) is 0 Å². The minimum Gasteiger partial charge on any atom is -0.329 e. The quantitative estimate of drug-likeness (QED) is 0.879. The fourth-order valence-corrected chi connectivity index (χ4v) is 3.43. The van der Waals surface area contributed by atoms with Gasteiger partial charge in [0.15, 0.2) is 0 Å². The second kappa shape index (κ2) is 7.68. The third-order valence-electron chi connectivity index (χ3n) is 4.46. The van der Waals surface area contributed by atoms with Gasteiger partial charge in [-0.25, -0.2) is 4.39 Å². The second-order valence-corrected chi connectivity index (χ2v) is 7.02. The van der Waals surface area contributed by atoms with Crippen molar-refractivity contribution in [2.45, 2.75) is 18.9 Å². The molecule has 118 valence electrons. The van der Waals surface area contributed by atoms with E-state index < -0.39 is 0 Å². The fourth-order valence-electron chi connectivity index (χ4n) is 3.10. The first kappa shape index (κ1) is 16.9. The van der Waals surface area contributed by atoms with Gasteiger partial charge in [-0.2, -0.15) is 0 Å². The van der Waals surface area contributed by atoms with Crippen LogP contribution < -0.4 is 5.73 Å². The SMILES string of the molecule is CN1CCC(CN(C)C(CN)c2ccc(Br)cc2F)CC1. The molecule has 1 aromatic carbocycles. The van der Waals surface area contributed by atoms with E-state index in [1.807, 2.05) is 12.1 Å². The monoisotopic (exact) mass is 357 g/mol. The van der Waals surface area contributed by atoms with Crippen LogP contribution in [-0.4, -0.2) is 50.1 Å². The van der Waals surface area contributed by atoms with E-state index in [0.29, 0.717) is 18.0 Å². The lowest BCUT2D eigenvalue weighted by Gasteiger charge is -2.35. The van der Waals surface area contributed by atoms with E-state index >= 15 is 0 Å². The van der Waals surface area contributed by atoms with Crippen LogP contribution in [0.4, 0.5) is 4.39 Å². The summed E-state index contributed by atoms with van der Waals surface area (Å²) in [4.78, 5) is 4.58. The summed E-state index contributed by atoms with van der Waals surface area (Å²) < 4.78 is 14.9. The molecule has 5 heteroatoms. The van der Waals surface area contributed by atoms with Gasteiger partial charge in [-0.05, 0) is 58.1 Å². The van der Waals surface area contributed by atoms with Crippen LogP contribution in [0.2, 0.25) is 0 Å². The van der Waals surface area contributed by atoms with Gasteiger partial charge in [0.1, 0.15) is 5.82 Å². The van der Waals surface area contributed by atoms with E-state index in [1.165, 1.54) is 18.9 Å². The normalized spacial score (nSPS) is 19.1. The van der Waals surface area contributed by atoms with Crippen molar-refractivity contribution >= 4 is 15.9 Å². The summed E-state index contributed by atoms with van der Waals surface area (Å²) in [6.45, 7) is 3.71. The minimum atomic E-state index is -0.185. The lowest BCUT2D eigenvalue weighted by atomic mass is 9.95. The molecule has 1 aliphatic heterocycles. The third kappa shape index (κ3) is 4.49. The van der Waals surface area contributed by atoms with Gasteiger partial charge < -0.3 is 10.6 Å². The molecule has 0 saturated carbocycles. The van der Waals surface area contributed by atoms with Gasteiger partial charge in [-0.3, -0.25) is 4.90 Å². The maximum atomic E-state index is 14.2. The summed E-state index contributed by atoms with van der Waals surface area (Å²) >= 11 is 3.30. The predicted octanol–water partition coefficient (Wildman–Crippen LogP) is 2.86. The maximum absolute atomic E-state index is 14.2. The molecule has 0 amide bonds. The van der Waals surface area contributed by atoms with Crippen LogP contribution in [0, 0.1) is 11.7 Å². The number of nitrogens with zero attached hydrogens (tertiary/aromatic N) is 2. The Morgan fingerprint density at radius 1 is 1.43 bits per heavy atom. The maximum Gasteiger partial charge on any atom is 0.129 e. The first-order valence-corrected chi connectivity index (χ1v) is 8.34. The third-order valence-corrected chi connectivity index (χ3v) is 4.95. The highest BCUT2D eigenvalue weighted by atomic mass is 79.9. The summed E-state index contributed by atoms with van der Waals surface area (Å²) in [7, 11) is 4.22. The summed E-state index contributed by atoms with van der Waals surface area (Å²) in [5.74, 6) is 0.494. The Kier molecular flexibility index (Phi) is 6.17. The van der Waals surface area contributed by atoms with Crippen LogP contribution in [0.15, 0.2) is 22.7 Å². The zero-order valence-electron chi connectivity index (χ0n) is 12.9. The first-order valence-electron chi connectivity index (χ1n) is 7.55. The number of rotatable bonds is 5. The van der Waals surface area contributed by atoms with Crippen LogP contribution in [0.3, 0.4) is 0 Å². The van der Waals surface area contributed by atoms with Gasteiger partial charge in [-0.1, -0.05) is 22.0 Å². The standard InChI is InChI=1S/C16H25BrFN3/c1-20-7-5-12(6-8-20)11-21(2)16(10-19)14-4-3-13(17)9-15(14)18/h3-4,9,12,16H,5-8,10-11,19H2,1-2H3. The van der Waals surface area contributed by atoms with E-state index in [9.17, 15) is 4.39 Å². The van der Waals surface area contributed by atoms with E-state index in [1.54, 1.807) is 0 Å². The number of nitrogens with two attached hydrogens (primary N) is 1. The molecule has 2 rings (SSSR count). The molecule has 21 heavy (non-hydrogen) atoms. The Morgan fingerprint density at radius 2 is 2.10 bits per heavy atom. The Labute approximate surface area is 135 Å². The van der Waals surface area contributed by atoms with Crippen LogP contribution in [0.5, 0.6) is 0 Å². The molecule has 0 aliphatic carbocycles. The molecule has 1 aromatic rings. The molecule has 0 bridgehead atoms. The van der Waals surface area contributed by atoms with E-state index in [0.717, 1.165) is 24.1 Å². The van der Waals surface area contributed by atoms with Gasteiger partial charge in [0, 0.05) is 29.2 Å². The molecule has 1 aliphatic rings. The van der Waals surface area contributed by atoms with Crippen molar-refractivity contribution in [1.82, 2.24) is 9.80 Å². The highest BCUT2D eigenvalue weighted by molar-refractivity contribution is 9.10. The summed E-state index contributed by atoms with van der Waals surface area (Å²) in [6.07, 6.45) is 2.42. The van der Waals surface area contributed by atoms with Crippen molar-refractivity contribution < 1.29 is 4.39 Å². The smallest absolute Gasteiger partial charge is 0.129 e. The number of piperidine rings is 1. The van der Waals surface area contributed by atoms with Crippen molar-refractivity contribution in [1.29, 1.82) is 0 Å². The van der Waals surface area contributed by atoms with Crippen molar-refractivity contribution in [3.8, 4) is 0 Å². The molecule has 0 spiro atoms. The molecule has 0 radical (unpaired) electrons. The summed E-state index contributed by atoms with van der Waals surface area (Å²) in [6, 6.07) is 5.17. The number of halogens is 2. The van der Waals surface area contributed by atoms with E-state index in [2.05, 4.69) is 39.8 Å². The highest BCUT2D eigenvalue weighted by Gasteiger charge is 2.24. The van der Waals surface area contributed by atoms with Crippen LogP contribution in [0.25, 0.3) is 0 Å². The van der Waals surface area contributed by atoms with Gasteiger partial charge in [-0.15, -0.1) is 0 Å². The number of likely N-dealkylation sites (tertiary alicyclic amines) is 1. The van der Waals surface area contributed by atoms with Crippen molar-refractivity contribution in [2.75, 3.05) is 40.3 Å². The topological polar surface area (TPSA) is 32.5 Å². The Morgan fingerprint density at radius 3 is 2.67 bits per heavy atom. The van der Waals surface area contributed by atoms with E-state index in [-0.39, 0.29) is 11.9 Å².